The van der Waals surface area contributed by atoms with Crippen molar-refractivity contribution in [3.63, 3.8) is 0 Å². The summed E-state index contributed by atoms with van der Waals surface area (Å²) in [7, 11) is 0. The molecule has 0 aliphatic heterocycles. The van der Waals surface area contributed by atoms with Gasteiger partial charge in [0.25, 0.3) is 0 Å². The molecule has 0 aliphatic rings. The number of carbonyl (C=O) groups excluding carboxylic acids is 2. The summed E-state index contributed by atoms with van der Waals surface area (Å²) in [6.07, 6.45) is -1.35. The SMILES string of the molecule is NC(=O)CC(N)C(=O)C(N)N. The minimum Gasteiger partial charge on any atom is -0.370 e. The fraction of sp³-hybridized carbons (Fsp3) is 0.600. The Hall–Kier alpha value is -0.980. The van der Waals surface area contributed by atoms with E-state index in [9.17, 15) is 9.59 Å². The van der Waals surface area contributed by atoms with Gasteiger partial charge >= 0.3 is 0 Å². The monoisotopic (exact) mass is 160 g/mol. The number of hydrogen-bond donors (Lipinski definition) is 4. The van der Waals surface area contributed by atoms with E-state index in [1.165, 1.54) is 0 Å². The van der Waals surface area contributed by atoms with Gasteiger partial charge in [-0.1, -0.05) is 0 Å². The summed E-state index contributed by atoms with van der Waals surface area (Å²) >= 11 is 0. The van der Waals surface area contributed by atoms with Crippen LogP contribution < -0.4 is 22.9 Å². The van der Waals surface area contributed by atoms with Crippen LogP contribution >= 0.6 is 0 Å². The molecule has 0 aliphatic carbocycles. The first kappa shape index (κ1) is 10.0. The van der Waals surface area contributed by atoms with Crippen LogP contribution in [-0.4, -0.2) is 23.9 Å². The molecule has 1 unspecified atom stereocenters. The highest BCUT2D eigenvalue weighted by molar-refractivity contribution is 5.91. The molecule has 0 saturated carbocycles. The van der Waals surface area contributed by atoms with E-state index in [0.717, 1.165) is 0 Å². The number of rotatable bonds is 4. The van der Waals surface area contributed by atoms with Crippen molar-refractivity contribution in [1.29, 1.82) is 0 Å². The van der Waals surface area contributed by atoms with E-state index in [1.807, 2.05) is 0 Å². The maximum Gasteiger partial charge on any atom is 0.219 e. The van der Waals surface area contributed by atoms with Crippen molar-refractivity contribution in [1.82, 2.24) is 0 Å². The van der Waals surface area contributed by atoms with E-state index in [1.54, 1.807) is 0 Å². The zero-order chi connectivity index (χ0) is 9.02. The summed E-state index contributed by atoms with van der Waals surface area (Å²) in [6.45, 7) is 0. The number of nitrogens with two attached hydrogens (primary N) is 4. The Morgan fingerprint density at radius 1 is 1.18 bits per heavy atom. The van der Waals surface area contributed by atoms with Crippen LogP contribution in [0.4, 0.5) is 0 Å². The lowest BCUT2D eigenvalue weighted by Crippen LogP contribution is -2.49. The van der Waals surface area contributed by atoms with Gasteiger partial charge in [0, 0.05) is 6.42 Å². The quantitative estimate of drug-likeness (QED) is 0.325. The van der Waals surface area contributed by atoms with Crippen LogP contribution in [0.3, 0.4) is 0 Å². The first-order valence-corrected chi connectivity index (χ1v) is 3.04. The number of hydrogen-bond acceptors (Lipinski definition) is 5. The molecular formula is C5H12N4O2. The van der Waals surface area contributed by atoms with Crippen molar-refractivity contribution in [3.05, 3.63) is 0 Å². The van der Waals surface area contributed by atoms with Crippen molar-refractivity contribution in [2.75, 3.05) is 0 Å². The Morgan fingerprint density at radius 3 is 1.91 bits per heavy atom. The molecule has 1 atom stereocenters. The molecule has 6 heteroatoms. The summed E-state index contributed by atoms with van der Waals surface area (Å²) < 4.78 is 0. The molecule has 0 aromatic heterocycles. The van der Waals surface area contributed by atoms with Gasteiger partial charge in [0.1, 0.15) is 6.17 Å². The fourth-order valence-electron chi connectivity index (χ4n) is 0.565. The Morgan fingerprint density at radius 2 is 1.64 bits per heavy atom. The smallest absolute Gasteiger partial charge is 0.219 e. The van der Waals surface area contributed by atoms with E-state index in [0.29, 0.717) is 0 Å². The molecule has 0 heterocycles. The predicted octanol–water partition coefficient (Wildman–Crippen LogP) is -3.00. The van der Waals surface area contributed by atoms with Crippen LogP contribution in [0.15, 0.2) is 0 Å². The number of primary amides is 1. The largest absolute Gasteiger partial charge is 0.370 e. The van der Waals surface area contributed by atoms with E-state index in [4.69, 9.17) is 22.9 Å². The Kier molecular flexibility index (Phi) is 3.66. The molecule has 0 bridgehead atoms. The molecule has 0 aromatic carbocycles. The summed E-state index contributed by atoms with van der Waals surface area (Å²) in [5, 5.41) is 0. The van der Waals surface area contributed by atoms with Gasteiger partial charge in [0.15, 0.2) is 5.78 Å². The zero-order valence-corrected chi connectivity index (χ0v) is 5.99. The van der Waals surface area contributed by atoms with Gasteiger partial charge in [0.2, 0.25) is 5.91 Å². The molecular weight excluding hydrogens is 148 g/mol. The molecule has 64 valence electrons. The lowest BCUT2D eigenvalue weighted by molar-refractivity contribution is -0.125. The maximum absolute atomic E-state index is 10.8. The Bertz CT molecular complexity index is 168. The summed E-state index contributed by atoms with van der Waals surface area (Å²) in [6, 6.07) is -0.979. The number of amides is 1. The third-order valence-corrected chi connectivity index (χ3v) is 1.12. The molecule has 11 heavy (non-hydrogen) atoms. The van der Waals surface area contributed by atoms with Crippen molar-refractivity contribution in [2.45, 2.75) is 18.6 Å². The average Bonchev–Trinajstić information content (AvgIpc) is 1.84. The normalized spacial score (nSPS) is 13.1. The van der Waals surface area contributed by atoms with Crippen molar-refractivity contribution in [2.24, 2.45) is 22.9 Å². The number of carbonyl (C=O) groups is 2. The molecule has 0 fully saturated rings. The fourth-order valence-corrected chi connectivity index (χ4v) is 0.565. The second-order valence-electron chi connectivity index (χ2n) is 2.21. The van der Waals surface area contributed by atoms with Gasteiger partial charge in [-0.3, -0.25) is 9.59 Å². The Balaban J connectivity index is 3.93. The number of Topliss-reactive ketones (excluding diaryl/α,β-unsaturated/α-hetero) is 1. The summed E-state index contributed by atoms with van der Waals surface area (Å²) in [5.41, 5.74) is 20.0. The molecule has 0 saturated heterocycles. The van der Waals surface area contributed by atoms with Crippen LogP contribution in [-0.2, 0) is 9.59 Å². The average molecular weight is 160 g/mol. The summed E-state index contributed by atoms with van der Waals surface area (Å²) in [4.78, 5) is 21.0. The first-order chi connectivity index (χ1) is 4.95. The second-order valence-corrected chi connectivity index (χ2v) is 2.21. The molecule has 0 aromatic rings. The minimum absolute atomic E-state index is 0.219. The van der Waals surface area contributed by atoms with Gasteiger partial charge in [-0.15, -0.1) is 0 Å². The third kappa shape index (κ3) is 3.66. The minimum atomic E-state index is -1.13. The lowest BCUT2D eigenvalue weighted by atomic mass is 10.1. The van der Waals surface area contributed by atoms with Crippen LogP contribution in [0.5, 0.6) is 0 Å². The van der Waals surface area contributed by atoms with Gasteiger partial charge in [0.05, 0.1) is 6.04 Å². The molecule has 6 nitrogen and oxygen atoms in total. The highest BCUT2D eigenvalue weighted by atomic mass is 16.1. The first-order valence-electron chi connectivity index (χ1n) is 3.04. The highest BCUT2D eigenvalue weighted by Gasteiger charge is 2.19. The van der Waals surface area contributed by atoms with Crippen LogP contribution in [0.25, 0.3) is 0 Å². The van der Waals surface area contributed by atoms with E-state index < -0.39 is 23.9 Å². The lowest BCUT2D eigenvalue weighted by Gasteiger charge is -2.09. The van der Waals surface area contributed by atoms with E-state index in [-0.39, 0.29) is 6.42 Å². The van der Waals surface area contributed by atoms with Gasteiger partial charge in [-0.05, 0) is 0 Å². The molecule has 8 N–H and O–H groups in total. The van der Waals surface area contributed by atoms with Crippen molar-refractivity contribution >= 4 is 11.7 Å². The molecule has 0 radical (unpaired) electrons. The van der Waals surface area contributed by atoms with Crippen molar-refractivity contribution in [3.8, 4) is 0 Å². The highest BCUT2D eigenvalue weighted by Crippen LogP contribution is 1.89. The van der Waals surface area contributed by atoms with Crippen LogP contribution in [0.2, 0.25) is 0 Å². The van der Waals surface area contributed by atoms with Crippen molar-refractivity contribution < 1.29 is 9.59 Å². The van der Waals surface area contributed by atoms with Crippen LogP contribution in [0.1, 0.15) is 6.42 Å². The zero-order valence-electron chi connectivity index (χ0n) is 5.99. The predicted molar refractivity (Wildman–Crippen MR) is 39.0 cm³/mol. The second kappa shape index (κ2) is 4.02. The summed E-state index contributed by atoms with van der Waals surface area (Å²) in [5.74, 6) is -1.21. The molecule has 0 spiro atoms. The van der Waals surface area contributed by atoms with E-state index >= 15 is 0 Å². The topological polar surface area (TPSA) is 138 Å². The third-order valence-electron chi connectivity index (χ3n) is 1.12. The molecule has 0 rings (SSSR count). The van der Waals surface area contributed by atoms with Gasteiger partial charge in [-0.25, -0.2) is 0 Å². The van der Waals surface area contributed by atoms with Gasteiger partial charge < -0.3 is 22.9 Å². The molecule has 1 amide bonds. The maximum atomic E-state index is 10.8. The standard InChI is InChI=1S/C5H12N4O2/c6-2(1-3(7)10)4(11)5(8)9/h2,5H,1,6,8-9H2,(H2,7,10). The van der Waals surface area contributed by atoms with Crippen LogP contribution in [0, 0.1) is 0 Å². The number of ketones is 1. The van der Waals surface area contributed by atoms with E-state index in [2.05, 4.69) is 0 Å². The van der Waals surface area contributed by atoms with Gasteiger partial charge in [-0.2, -0.15) is 0 Å². The Labute approximate surface area is 63.9 Å².